The maximum absolute atomic E-state index is 4.23. The van der Waals surface area contributed by atoms with E-state index < -0.39 is 0 Å². The summed E-state index contributed by atoms with van der Waals surface area (Å²) in [5.41, 5.74) is 0.756. The molecule has 1 rings (SSSR count). The van der Waals surface area contributed by atoms with E-state index in [4.69, 9.17) is 0 Å². The summed E-state index contributed by atoms with van der Waals surface area (Å²) in [6.07, 6.45) is 3.18. The van der Waals surface area contributed by atoms with E-state index in [0.29, 0.717) is 0 Å². The quantitative estimate of drug-likeness (QED) is 0.451. The maximum atomic E-state index is 4.23. The van der Waals surface area contributed by atoms with Crippen molar-refractivity contribution in [1.29, 1.82) is 0 Å². The molecule has 0 spiro atoms. The molecule has 0 fully saturated rings. The van der Waals surface area contributed by atoms with Gasteiger partial charge in [0.25, 0.3) is 0 Å². The van der Waals surface area contributed by atoms with E-state index in [2.05, 4.69) is 22.1 Å². The normalized spacial score (nSPS) is 10.1. The highest BCUT2D eigenvalue weighted by Gasteiger charge is 1.82. The summed E-state index contributed by atoms with van der Waals surface area (Å²) in [5, 5.41) is 3.44. The van der Waals surface area contributed by atoms with Gasteiger partial charge in [0.05, 0.1) is 11.9 Å². The van der Waals surface area contributed by atoms with Gasteiger partial charge in [0.15, 0.2) is 7.11 Å². The number of oxime groups is 1. The lowest BCUT2D eigenvalue weighted by Gasteiger charge is -1.87. The average molecular weight is 135 g/mol. The first-order valence-electron chi connectivity index (χ1n) is 2.79. The Labute approximate surface area is 59.3 Å². The van der Waals surface area contributed by atoms with Crippen molar-refractivity contribution in [3.63, 3.8) is 0 Å². The zero-order valence-electron chi connectivity index (χ0n) is 5.40. The van der Waals surface area contributed by atoms with Crippen molar-refractivity contribution in [2.24, 2.45) is 5.16 Å². The Morgan fingerprint density at radius 1 is 1.60 bits per heavy atom. The molecule has 0 aliphatic heterocycles. The van der Waals surface area contributed by atoms with Crippen molar-refractivity contribution in [2.75, 3.05) is 0 Å². The Morgan fingerprint density at radius 2 is 2.50 bits per heavy atom. The molecule has 1 aromatic heterocycles. The van der Waals surface area contributed by atoms with E-state index in [0.717, 1.165) is 5.69 Å². The van der Waals surface area contributed by atoms with E-state index in [1.807, 2.05) is 18.2 Å². The lowest BCUT2D eigenvalue weighted by atomic mass is 10.4. The second kappa shape index (κ2) is 3.61. The van der Waals surface area contributed by atoms with E-state index in [9.17, 15) is 0 Å². The highest BCUT2D eigenvalue weighted by molar-refractivity contribution is 5.76. The van der Waals surface area contributed by atoms with Crippen LogP contribution >= 0.6 is 0 Å². The SMILES string of the molecule is [CH2]O/N=C/c1ccccn1. The molecule has 0 unspecified atom stereocenters. The van der Waals surface area contributed by atoms with Crippen molar-refractivity contribution in [3.05, 3.63) is 37.2 Å². The third-order valence-corrected chi connectivity index (χ3v) is 0.947. The summed E-state index contributed by atoms with van der Waals surface area (Å²) in [6.45, 7) is 0. The molecule has 0 aliphatic carbocycles. The van der Waals surface area contributed by atoms with Gasteiger partial charge in [-0.25, -0.2) is 0 Å². The van der Waals surface area contributed by atoms with E-state index >= 15 is 0 Å². The maximum Gasteiger partial charge on any atom is 0.153 e. The van der Waals surface area contributed by atoms with Crippen LogP contribution in [0.3, 0.4) is 0 Å². The van der Waals surface area contributed by atoms with Crippen molar-refractivity contribution >= 4 is 6.21 Å². The molecular weight excluding hydrogens is 128 g/mol. The predicted octanol–water partition coefficient (Wildman–Crippen LogP) is 1.22. The van der Waals surface area contributed by atoms with Gasteiger partial charge < -0.3 is 4.84 Å². The first-order chi connectivity index (χ1) is 4.93. The van der Waals surface area contributed by atoms with Gasteiger partial charge in [-0.2, -0.15) is 0 Å². The van der Waals surface area contributed by atoms with Crippen LogP contribution < -0.4 is 0 Å². The van der Waals surface area contributed by atoms with E-state index in [1.165, 1.54) is 6.21 Å². The summed E-state index contributed by atoms with van der Waals surface area (Å²) in [7, 11) is 3.08. The largest absolute Gasteiger partial charge is 0.392 e. The molecule has 1 heterocycles. The van der Waals surface area contributed by atoms with E-state index in [-0.39, 0.29) is 0 Å². The van der Waals surface area contributed by atoms with Crippen molar-refractivity contribution < 1.29 is 4.84 Å². The van der Waals surface area contributed by atoms with Crippen LogP contribution in [0.25, 0.3) is 0 Å². The lowest BCUT2D eigenvalue weighted by molar-refractivity contribution is 0.262. The van der Waals surface area contributed by atoms with Crippen LogP contribution in [-0.2, 0) is 4.84 Å². The molecule has 1 aromatic rings. The average Bonchev–Trinajstić information content (AvgIpc) is 2.03. The van der Waals surface area contributed by atoms with E-state index in [1.54, 1.807) is 6.20 Å². The molecular formula is C7H7N2O. The highest BCUT2D eigenvalue weighted by Crippen LogP contribution is 1.87. The summed E-state index contributed by atoms with van der Waals surface area (Å²) in [4.78, 5) is 8.18. The molecule has 0 saturated heterocycles. The molecule has 0 amide bonds. The summed E-state index contributed by atoms with van der Waals surface area (Å²) in [6, 6.07) is 5.53. The fourth-order valence-corrected chi connectivity index (χ4v) is 0.544. The van der Waals surface area contributed by atoms with Gasteiger partial charge >= 0.3 is 0 Å². The third kappa shape index (κ3) is 1.85. The molecule has 0 bridgehead atoms. The van der Waals surface area contributed by atoms with Crippen LogP contribution in [0, 0.1) is 7.11 Å². The second-order valence-corrected chi connectivity index (χ2v) is 1.62. The van der Waals surface area contributed by atoms with Crippen molar-refractivity contribution in [3.8, 4) is 0 Å². The minimum atomic E-state index is 0.756. The summed E-state index contributed by atoms with van der Waals surface area (Å²) >= 11 is 0. The van der Waals surface area contributed by atoms with Gasteiger partial charge in [-0.3, -0.25) is 4.98 Å². The number of aromatic nitrogens is 1. The molecule has 10 heavy (non-hydrogen) atoms. The minimum Gasteiger partial charge on any atom is -0.392 e. The van der Waals surface area contributed by atoms with Gasteiger partial charge in [0.1, 0.15) is 0 Å². The Bertz CT molecular complexity index is 208. The zero-order chi connectivity index (χ0) is 7.23. The van der Waals surface area contributed by atoms with Crippen molar-refractivity contribution in [1.82, 2.24) is 4.98 Å². The highest BCUT2D eigenvalue weighted by atomic mass is 16.6. The standard InChI is InChI=1S/C7H7N2O/c1-10-9-6-7-4-2-3-5-8-7/h2-6H,1H2/b9-6+. The topological polar surface area (TPSA) is 34.5 Å². The number of hydrogen-bond donors (Lipinski definition) is 0. The Hall–Kier alpha value is -1.38. The van der Waals surface area contributed by atoms with Crippen LogP contribution in [-0.4, -0.2) is 11.2 Å². The van der Waals surface area contributed by atoms with Crippen molar-refractivity contribution in [2.45, 2.75) is 0 Å². The monoisotopic (exact) mass is 135 g/mol. The van der Waals surface area contributed by atoms with Crippen LogP contribution in [0.2, 0.25) is 0 Å². The smallest absolute Gasteiger partial charge is 0.153 e. The first kappa shape index (κ1) is 6.74. The number of hydrogen-bond acceptors (Lipinski definition) is 3. The Kier molecular flexibility index (Phi) is 2.43. The molecule has 0 aromatic carbocycles. The van der Waals surface area contributed by atoms with Gasteiger partial charge in [-0.1, -0.05) is 11.2 Å². The Morgan fingerprint density at radius 3 is 3.10 bits per heavy atom. The zero-order valence-corrected chi connectivity index (χ0v) is 5.40. The number of nitrogens with zero attached hydrogens (tertiary/aromatic N) is 2. The van der Waals surface area contributed by atoms with Gasteiger partial charge in [-0.15, -0.1) is 0 Å². The number of pyridine rings is 1. The summed E-state index contributed by atoms with van der Waals surface area (Å²) < 4.78 is 0. The molecule has 51 valence electrons. The van der Waals surface area contributed by atoms with Crippen LogP contribution in [0.4, 0.5) is 0 Å². The van der Waals surface area contributed by atoms with Crippen LogP contribution in [0.5, 0.6) is 0 Å². The van der Waals surface area contributed by atoms with Crippen LogP contribution in [0.15, 0.2) is 29.6 Å². The molecule has 0 saturated carbocycles. The fourth-order valence-electron chi connectivity index (χ4n) is 0.544. The fraction of sp³-hybridized carbons (Fsp3) is 0. The Balaban J connectivity index is 2.67. The van der Waals surface area contributed by atoms with Gasteiger partial charge in [0.2, 0.25) is 0 Å². The molecule has 3 nitrogen and oxygen atoms in total. The molecule has 0 atom stereocenters. The lowest BCUT2D eigenvalue weighted by Crippen LogP contribution is -1.84. The molecule has 1 radical (unpaired) electrons. The van der Waals surface area contributed by atoms with Gasteiger partial charge in [-0.05, 0) is 12.1 Å². The molecule has 3 heteroatoms. The third-order valence-electron chi connectivity index (χ3n) is 0.947. The first-order valence-corrected chi connectivity index (χ1v) is 2.79. The van der Waals surface area contributed by atoms with Gasteiger partial charge in [0, 0.05) is 6.20 Å². The predicted molar refractivity (Wildman–Crippen MR) is 38.3 cm³/mol. The molecule has 0 N–H and O–H groups in total. The number of rotatable bonds is 2. The minimum absolute atomic E-state index is 0.756. The second-order valence-electron chi connectivity index (χ2n) is 1.62. The molecule has 0 aliphatic rings. The van der Waals surface area contributed by atoms with Crippen LogP contribution in [0.1, 0.15) is 5.69 Å². The summed E-state index contributed by atoms with van der Waals surface area (Å²) in [5.74, 6) is 0.